The number of fused-ring (bicyclic) bond motifs is 4. The lowest BCUT2D eigenvalue weighted by molar-refractivity contribution is 0.599. The Labute approximate surface area is 306 Å². The minimum absolute atomic E-state index is 0.311. The summed E-state index contributed by atoms with van der Waals surface area (Å²) in [4.78, 5) is 5.22. The van der Waals surface area contributed by atoms with E-state index in [9.17, 15) is 5.26 Å². The number of aliphatic imine (C=N–C) groups is 1. The molecule has 248 valence electrons. The zero-order valence-corrected chi connectivity index (χ0v) is 28.6. The molecule has 0 saturated carbocycles. The van der Waals surface area contributed by atoms with Crippen LogP contribution in [0.15, 0.2) is 179 Å². The third-order valence-corrected chi connectivity index (χ3v) is 10.4. The lowest BCUT2D eigenvalue weighted by Gasteiger charge is -2.24. The number of nitrogens with zero attached hydrogens (tertiary/aromatic N) is 2. The number of hydrogen-bond acceptors (Lipinski definition) is 4. The molecular formula is C49H31N3O. The molecule has 1 aromatic heterocycles. The van der Waals surface area contributed by atoms with Crippen molar-refractivity contribution < 1.29 is 4.42 Å². The molecule has 10 rings (SSSR count). The summed E-state index contributed by atoms with van der Waals surface area (Å²) in [6.45, 7) is 0. The molecule has 0 amide bonds. The van der Waals surface area contributed by atoms with Crippen molar-refractivity contribution in [3.63, 3.8) is 0 Å². The van der Waals surface area contributed by atoms with Gasteiger partial charge in [-0.05, 0) is 66.7 Å². The van der Waals surface area contributed by atoms with Crippen LogP contribution in [0.25, 0.3) is 82.2 Å². The normalized spacial score (nSPS) is 14.0. The molecule has 1 unspecified atom stereocenters. The van der Waals surface area contributed by atoms with Crippen LogP contribution in [-0.4, -0.2) is 6.21 Å². The van der Waals surface area contributed by atoms with E-state index in [0.717, 1.165) is 50.1 Å². The number of nitriles is 1. The Morgan fingerprint density at radius 1 is 0.528 bits per heavy atom. The van der Waals surface area contributed by atoms with Crippen molar-refractivity contribution in [1.82, 2.24) is 5.32 Å². The van der Waals surface area contributed by atoms with Crippen LogP contribution < -0.4 is 5.32 Å². The van der Waals surface area contributed by atoms with Crippen molar-refractivity contribution in [3.8, 4) is 39.4 Å². The topological polar surface area (TPSA) is 61.3 Å². The van der Waals surface area contributed by atoms with Gasteiger partial charge in [0.1, 0.15) is 17.5 Å². The van der Waals surface area contributed by atoms with Crippen LogP contribution in [0.1, 0.15) is 23.1 Å². The first kappa shape index (κ1) is 30.6. The molecule has 9 aromatic rings. The molecule has 53 heavy (non-hydrogen) atoms. The van der Waals surface area contributed by atoms with E-state index in [1.807, 2.05) is 42.7 Å². The third kappa shape index (κ3) is 5.02. The van der Waals surface area contributed by atoms with Gasteiger partial charge in [-0.25, -0.2) is 0 Å². The van der Waals surface area contributed by atoms with E-state index < -0.39 is 0 Å². The zero-order chi connectivity index (χ0) is 35.3. The third-order valence-electron chi connectivity index (χ3n) is 10.4. The summed E-state index contributed by atoms with van der Waals surface area (Å²) in [6.07, 6.45) is 3.69. The maximum Gasteiger partial charge on any atom is 0.146 e. The van der Waals surface area contributed by atoms with Crippen molar-refractivity contribution in [2.75, 3.05) is 0 Å². The first-order valence-corrected chi connectivity index (χ1v) is 17.8. The van der Waals surface area contributed by atoms with Gasteiger partial charge in [0.05, 0.1) is 17.2 Å². The molecule has 4 heteroatoms. The number of hydrogen-bond donors (Lipinski definition) is 1. The van der Waals surface area contributed by atoms with Gasteiger partial charge in [0.2, 0.25) is 0 Å². The van der Waals surface area contributed by atoms with Crippen LogP contribution in [0.3, 0.4) is 0 Å². The fraction of sp³-hybridized carbons (Fsp3) is 0.0204. The van der Waals surface area contributed by atoms with E-state index in [2.05, 4.69) is 145 Å². The molecule has 0 bridgehead atoms. The van der Waals surface area contributed by atoms with Gasteiger partial charge in [-0.15, -0.1) is 0 Å². The molecule has 0 spiro atoms. The summed E-state index contributed by atoms with van der Waals surface area (Å²) < 4.78 is 6.85. The van der Waals surface area contributed by atoms with Crippen molar-refractivity contribution in [1.29, 1.82) is 5.26 Å². The highest BCUT2D eigenvalue weighted by atomic mass is 16.3. The van der Waals surface area contributed by atoms with Crippen molar-refractivity contribution in [3.05, 3.63) is 187 Å². The van der Waals surface area contributed by atoms with Crippen LogP contribution in [0.5, 0.6) is 0 Å². The Bertz CT molecular complexity index is 2920. The highest BCUT2D eigenvalue weighted by Gasteiger charge is 2.26. The number of allylic oxidation sites excluding steroid dienone is 1. The van der Waals surface area contributed by atoms with Gasteiger partial charge in [-0.3, -0.25) is 4.99 Å². The van der Waals surface area contributed by atoms with Crippen LogP contribution in [-0.2, 0) is 0 Å². The SMILES string of the molecule is N#Cc1ccc(-c2cccc3c(-c4ccccc4)c(C4=CNC(c5c6ccccc6c(-c6cccc7ccccc67)c6ccccc56)N=C4)oc23)cc1. The van der Waals surface area contributed by atoms with Gasteiger partial charge >= 0.3 is 0 Å². The average molecular weight is 678 g/mol. The molecule has 4 nitrogen and oxygen atoms in total. The monoisotopic (exact) mass is 677 g/mol. The summed E-state index contributed by atoms with van der Waals surface area (Å²) >= 11 is 0. The number of furan rings is 1. The molecule has 0 saturated heterocycles. The Balaban J connectivity index is 1.12. The lowest BCUT2D eigenvalue weighted by Crippen LogP contribution is -2.19. The molecule has 1 aliphatic rings. The predicted octanol–water partition coefficient (Wildman–Crippen LogP) is 12.5. The van der Waals surface area contributed by atoms with Crippen LogP contribution in [0, 0.1) is 11.3 Å². The number of rotatable bonds is 5. The van der Waals surface area contributed by atoms with Gasteiger partial charge in [-0.1, -0.05) is 152 Å². The highest BCUT2D eigenvalue weighted by molar-refractivity contribution is 6.20. The quantitative estimate of drug-likeness (QED) is 0.184. The molecule has 1 atom stereocenters. The Hall–Kier alpha value is -7.22. The number of benzene rings is 8. The second kappa shape index (κ2) is 12.5. The van der Waals surface area contributed by atoms with Crippen LogP contribution >= 0.6 is 0 Å². The second-order valence-electron chi connectivity index (χ2n) is 13.4. The molecule has 1 aliphatic heterocycles. The standard InChI is InChI=1S/C49H31N3O/c50-28-31-24-26-33(27-25-31)37-21-11-23-43-44(34-13-2-1-3-14-34)47(53-48(37)43)35-29-51-49(52-30-35)46-41-19-8-6-17-39(41)45(40-18-7-9-20-42(40)46)38-22-10-15-32-12-4-5-16-36(32)38/h1-27,29-30,49,51H. The Kier molecular flexibility index (Phi) is 7.23. The summed E-state index contributed by atoms with van der Waals surface area (Å²) in [5, 5.41) is 21.3. The highest BCUT2D eigenvalue weighted by Crippen LogP contribution is 2.46. The molecule has 0 fully saturated rings. The minimum Gasteiger partial charge on any atom is -0.455 e. The van der Waals surface area contributed by atoms with Gasteiger partial charge in [0.25, 0.3) is 0 Å². The minimum atomic E-state index is -0.311. The summed E-state index contributed by atoms with van der Waals surface area (Å²) in [5.41, 5.74) is 9.93. The molecule has 8 aromatic carbocycles. The second-order valence-corrected chi connectivity index (χ2v) is 13.4. The maximum atomic E-state index is 9.38. The first-order valence-electron chi connectivity index (χ1n) is 17.8. The van der Waals surface area contributed by atoms with E-state index in [4.69, 9.17) is 9.41 Å². The number of para-hydroxylation sites is 1. The molecule has 0 radical (unpaired) electrons. The van der Waals surface area contributed by atoms with Crippen LogP contribution in [0.2, 0.25) is 0 Å². The van der Waals surface area contributed by atoms with Crippen molar-refractivity contribution in [2.24, 2.45) is 4.99 Å². The average Bonchev–Trinajstić information content (AvgIpc) is 3.63. The lowest BCUT2D eigenvalue weighted by atomic mass is 9.86. The largest absolute Gasteiger partial charge is 0.455 e. The van der Waals surface area contributed by atoms with Crippen molar-refractivity contribution in [2.45, 2.75) is 6.17 Å². The fourth-order valence-electron chi connectivity index (χ4n) is 8.04. The summed E-state index contributed by atoms with van der Waals surface area (Å²) in [7, 11) is 0. The number of nitrogens with one attached hydrogen (secondary N) is 1. The van der Waals surface area contributed by atoms with Gasteiger partial charge in [0, 0.05) is 34.5 Å². The molecule has 0 aliphatic carbocycles. The van der Waals surface area contributed by atoms with Gasteiger partial charge < -0.3 is 9.73 Å². The van der Waals surface area contributed by atoms with E-state index in [0.29, 0.717) is 5.56 Å². The Morgan fingerprint density at radius 2 is 1.13 bits per heavy atom. The first-order chi connectivity index (χ1) is 26.3. The van der Waals surface area contributed by atoms with Gasteiger partial charge in [-0.2, -0.15) is 5.26 Å². The maximum absolute atomic E-state index is 9.38. The van der Waals surface area contributed by atoms with E-state index in [1.165, 1.54) is 43.4 Å². The van der Waals surface area contributed by atoms with E-state index >= 15 is 0 Å². The summed E-state index contributed by atoms with van der Waals surface area (Å²) in [6, 6.07) is 59.1. The Morgan fingerprint density at radius 3 is 1.83 bits per heavy atom. The molecular weight excluding hydrogens is 647 g/mol. The zero-order valence-electron chi connectivity index (χ0n) is 28.6. The van der Waals surface area contributed by atoms with E-state index in [1.54, 1.807) is 0 Å². The van der Waals surface area contributed by atoms with Crippen molar-refractivity contribution >= 4 is 55.1 Å². The molecule has 2 heterocycles. The molecule has 1 N–H and O–H groups in total. The summed E-state index contributed by atoms with van der Waals surface area (Å²) in [5.74, 6) is 0.753. The fourth-order valence-corrected chi connectivity index (χ4v) is 8.04. The van der Waals surface area contributed by atoms with E-state index in [-0.39, 0.29) is 6.17 Å². The van der Waals surface area contributed by atoms with Gasteiger partial charge in [0.15, 0.2) is 0 Å². The predicted molar refractivity (Wildman–Crippen MR) is 219 cm³/mol. The van der Waals surface area contributed by atoms with Crippen LogP contribution in [0.4, 0.5) is 0 Å². The smallest absolute Gasteiger partial charge is 0.146 e.